The van der Waals surface area contributed by atoms with Crippen LogP contribution in [-0.2, 0) is 0 Å². The highest BCUT2D eigenvalue weighted by Gasteiger charge is 2.16. The maximum Gasteiger partial charge on any atom is 0.270 e. The molecule has 0 atom stereocenters. The van der Waals surface area contributed by atoms with E-state index in [1.54, 1.807) is 0 Å². The SMILES string of the molecule is [C-]#[N+]CN1CCN(CC#N)CC1. The van der Waals surface area contributed by atoms with Gasteiger partial charge in [-0.15, -0.1) is 0 Å². The van der Waals surface area contributed by atoms with E-state index in [4.69, 9.17) is 11.8 Å². The Morgan fingerprint density at radius 3 is 2.33 bits per heavy atom. The van der Waals surface area contributed by atoms with E-state index in [1.807, 2.05) is 0 Å². The van der Waals surface area contributed by atoms with Crippen molar-refractivity contribution in [1.82, 2.24) is 9.80 Å². The summed E-state index contributed by atoms with van der Waals surface area (Å²) >= 11 is 0. The molecule has 0 aliphatic carbocycles. The smallest absolute Gasteiger partial charge is 0.270 e. The molecule has 0 spiro atoms. The van der Waals surface area contributed by atoms with Crippen LogP contribution in [0.3, 0.4) is 0 Å². The van der Waals surface area contributed by atoms with Crippen molar-refractivity contribution in [2.75, 3.05) is 39.4 Å². The van der Waals surface area contributed by atoms with Gasteiger partial charge in [0, 0.05) is 26.2 Å². The first-order valence-electron chi connectivity index (χ1n) is 4.01. The summed E-state index contributed by atoms with van der Waals surface area (Å²) in [4.78, 5) is 7.55. The Bertz CT molecular complexity index is 180. The Kier molecular flexibility index (Phi) is 3.53. The summed E-state index contributed by atoms with van der Waals surface area (Å²) in [5.41, 5.74) is 0. The lowest BCUT2D eigenvalue weighted by Crippen LogP contribution is -2.46. The molecule has 0 N–H and O–H groups in total. The summed E-state index contributed by atoms with van der Waals surface area (Å²) in [6.45, 7) is 11.4. The van der Waals surface area contributed by atoms with Crippen LogP contribution in [0.2, 0.25) is 0 Å². The molecule has 0 aromatic rings. The fourth-order valence-corrected chi connectivity index (χ4v) is 1.29. The Hall–Kier alpha value is -1.10. The van der Waals surface area contributed by atoms with Gasteiger partial charge in [-0.05, 0) is 0 Å². The molecule has 0 amide bonds. The normalized spacial score (nSPS) is 19.8. The van der Waals surface area contributed by atoms with E-state index >= 15 is 0 Å². The lowest BCUT2D eigenvalue weighted by atomic mass is 10.3. The number of hydrogen-bond donors (Lipinski definition) is 0. The zero-order chi connectivity index (χ0) is 8.81. The van der Waals surface area contributed by atoms with E-state index in [1.165, 1.54) is 0 Å². The molecule has 1 aliphatic rings. The number of piperazine rings is 1. The highest BCUT2D eigenvalue weighted by Crippen LogP contribution is 2.00. The van der Waals surface area contributed by atoms with Crippen molar-refractivity contribution in [1.29, 1.82) is 5.26 Å². The first-order chi connectivity index (χ1) is 5.86. The first-order valence-corrected chi connectivity index (χ1v) is 4.01. The molecule has 1 rings (SSSR count). The van der Waals surface area contributed by atoms with Crippen molar-refractivity contribution < 1.29 is 0 Å². The van der Waals surface area contributed by atoms with Gasteiger partial charge in [0.05, 0.1) is 12.6 Å². The molecule has 0 unspecified atom stereocenters. The van der Waals surface area contributed by atoms with Crippen molar-refractivity contribution in [3.8, 4) is 6.07 Å². The van der Waals surface area contributed by atoms with Crippen molar-refractivity contribution in [2.45, 2.75) is 0 Å². The Balaban J connectivity index is 2.22. The molecule has 0 aromatic carbocycles. The van der Waals surface area contributed by atoms with Crippen molar-refractivity contribution >= 4 is 0 Å². The third-order valence-corrected chi connectivity index (χ3v) is 2.03. The van der Waals surface area contributed by atoms with E-state index in [-0.39, 0.29) is 0 Å². The zero-order valence-electron chi connectivity index (χ0n) is 7.03. The van der Waals surface area contributed by atoms with E-state index in [2.05, 4.69) is 20.7 Å². The average molecular weight is 164 g/mol. The highest BCUT2D eigenvalue weighted by molar-refractivity contribution is 4.81. The predicted octanol–water partition coefficient (Wildman–Crippen LogP) is 0.00437. The van der Waals surface area contributed by atoms with Crippen LogP contribution in [0.15, 0.2) is 0 Å². The molecule has 1 aliphatic heterocycles. The average Bonchev–Trinajstić information content (AvgIpc) is 2.09. The van der Waals surface area contributed by atoms with Crippen molar-refractivity contribution in [3.63, 3.8) is 0 Å². The molecule has 1 heterocycles. The van der Waals surface area contributed by atoms with Gasteiger partial charge in [-0.1, -0.05) is 0 Å². The monoisotopic (exact) mass is 164 g/mol. The molecule has 64 valence electrons. The van der Waals surface area contributed by atoms with E-state index in [0.717, 1.165) is 26.2 Å². The quantitative estimate of drug-likeness (QED) is 0.426. The standard InChI is InChI=1S/C8H12N4/c1-10-8-12-6-4-11(3-2-9)5-7-12/h3-8H2. The number of rotatable bonds is 2. The van der Waals surface area contributed by atoms with E-state index in [0.29, 0.717) is 13.2 Å². The molecule has 1 saturated heterocycles. The van der Waals surface area contributed by atoms with Gasteiger partial charge in [-0.2, -0.15) is 5.26 Å². The van der Waals surface area contributed by atoms with Gasteiger partial charge in [-0.3, -0.25) is 9.74 Å². The zero-order valence-corrected chi connectivity index (χ0v) is 7.03. The minimum absolute atomic E-state index is 0.500. The van der Waals surface area contributed by atoms with Gasteiger partial charge in [0.15, 0.2) is 0 Å². The third kappa shape index (κ3) is 2.50. The largest absolute Gasteiger partial charge is 0.299 e. The van der Waals surface area contributed by atoms with E-state index < -0.39 is 0 Å². The molecule has 0 saturated carbocycles. The van der Waals surface area contributed by atoms with E-state index in [9.17, 15) is 0 Å². The second-order valence-electron chi connectivity index (χ2n) is 2.85. The molecule has 0 radical (unpaired) electrons. The predicted molar refractivity (Wildman–Crippen MR) is 45.1 cm³/mol. The molecule has 0 aromatic heterocycles. The second kappa shape index (κ2) is 4.71. The van der Waals surface area contributed by atoms with Gasteiger partial charge < -0.3 is 0 Å². The number of nitriles is 1. The van der Waals surface area contributed by atoms with Crippen LogP contribution >= 0.6 is 0 Å². The lowest BCUT2D eigenvalue weighted by molar-refractivity contribution is 0.154. The highest BCUT2D eigenvalue weighted by atomic mass is 15.3. The minimum atomic E-state index is 0.500. The maximum absolute atomic E-state index is 8.43. The maximum atomic E-state index is 8.43. The molecule has 12 heavy (non-hydrogen) atoms. The van der Waals surface area contributed by atoms with Gasteiger partial charge >= 0.3 is 0 Å². The van der Waals surface area contributed by atoms with Crippen LogP contribution in [0.25, 0.3) is 4.85 Å². The molecular formula is C8H12N4. The first kappa shape index (κ1) is 8.99. The fraction of sp³-hybridized carbons (Fsp3) is 0.750. The second-order valence-corrected chi connectivity index (χ2v) is 2.85. The van der Waals surface area contributed by atoms with Crippen LogP contribution in [0.1, 0.15) is 0 Å². The summed E-state index contributed by atoms with van der Waals surface area (Å²) in [6, 6.07) is 2.13. The molecule has 4 nitrogen and oxygen atoms in total. The lowest BCUT2D eigenvalue weighted by Gasteiger charge is -2.29. The molecule has 4 heteroatoms. The van der Waals surface area contributed by atoms with Crippen molar-refractivity contribution in [2.24, 2.45) is 0 Å². The Labute approximate surface area is 72.8 Å². The molecular weight excluding hydrogens is 152 g/mol. The summed E-state index contributed by atoms with van der Waals surface area (Å²) in [6.07, 6.45) is 0. The van der Waals surface area contributed by atoms with Crippen LogP contribution in [0, 0.1) is 17.9 Å². The molecule has 0 bridgehead atoms. The van der Waals surface area contributed by atoms with Gasteiger partial charge in [0.2, 0.25) is 0 Å². The summed E-state index contributed by atoms with van der Waals surface area (Å²) in [5, 5.41) is 8.43. The van der Waals surface area contributed by atoms with Gasteiger partial charge in [0.1, 0.15) is 0 Å². The van der Waals surface area contributed by atoms with Gasteiger partial charge in [0.25, 0.3) is 6.67 Å². The van der Waals surface area contributed by atoms with Crippen LogP contribution in [0.5, 0.6) is 0 Å². The summed E-state index contributed by atoms with van der Waals surface area (Å²) in [7, 11) is 0. The minimum Gasteiger partial charge on any atom is -0.299 e. The molecule has 1 fully saturated rings. The fourth-order valence-electron chi connectivity index (χ4n) is 1.29. The Morgan fingerprint density at radius 1 is 1.25 bits per heavy atom. The topological polar surface area (TPSA) is 34.6 Å². The Morgan fingerprint density at radius 2 is 1.83 bits per heavy atom. The number of nitrogens with zero attached hydrogens (tertiary/aromatic N) is 4. The summed E-state index contributed by atoms with van der Waals surface area (Å²) < 4.78 is 0. The van der Waals surface area contributed by atoms with Crippen molar-refractivity contribution in [3.05, 3.63) is 11.4 Å². The van der Waals surface area contributed by atoms with Crippen LogP contribution in [-0.4, -0.2) is 49.2 Å². The van der Waals surface area contributed by atoms with Crippen LogP contribution < -0.4 is 0 Å². The number of hydrogen-bond acceptors (Lipinski definition) is 3. The van der Waals surface area contributed by atoms with Gasteiger partial charge in [-0.25, -0.2) is 11.5 Å². The van der Waals surface area contributed by atoms with Crippen LogP contribution in [0.4, 0.5) is 0 Å². The third-order valence-electron chi connectivity index (χ3n) is 2.03. The summed E-state index contributed by atoms with van der Waals surface area (Å²) in [5.74, 6) is 0.